The number of nitrogens with zero attached hydrogens (tertiary/aromatic N) is 4. The molecule has 3 heterocycles. The van der Waals surface area contributed by atoms with Crippen molar-refractivity contribution in [2.24, 2.45) is 0 Å². The molecule has 194 valence electrons. The van der Waals surface area contributed by atoms with Crippen molar-refractivity contribution in [2.75, 3.05) is 44.3 Å². The standard InChI is InChI=1S/C26H33BrFN5O3/c1-16-12-22(35)24-23(16)26(30-15-29-24)33-8-6-32(7-9-33)25(31-18-4-10-36-11-5-18)19(14-34)17-2-3-20(27)21(28)13-17/h2-3,13-16,18-19,22,25,31,35H,4-12H2,1H3/t16-,19?,22-,25?/m1/s1. The van der Waals surface area contributed by atoms with Crippen LogP contribution in [0.1, 0.15) is 60.9 Å². The van der Waals surface area contributed by atoms with Gasteiger partial charge in [-0.2, -0.15) is 0 Å². The summed E-state index contributed by atoms with van der Waals surface area (Å²) in [6.07, 6.45) is 4.11. The summed E-state index contributed by atoms with van der Waals surface area (Å²) in [5.74, 6) is 0.224. The monoisotopic (exact) mass is 561 g/mol. The number of benzene rings is 1. The first kappa shape index (κ1) is 25.7. The first-order valence-corrected chi connectivity index (χ1v) is 13.5. The van der Waals surface area contributed by atoms with Crippen LogP contribution in [-0.2, 0) is 9.53 Å². The Bertz CT molecular complexity index is 1080. The summed E-state index contributed by atoms with van der Waals surface area (Å²) in [5.41, 5.74) is 2.45. The van der Waals surface area contributed by atoms with Gasteiger partial charge in [-0.25, -0.2) is 14.4 Å². The van der Waals surface area contributed by atoms with Gasteiger partial charge in [0.05, 0.1) is 28.4 Å². The Morgan fingerprint density at radius 1 is 1.22 bits per heavy atom. The maximum absolute atomic E-state index is 14.4. The van der Waals surface area contributed by atoms with Crippen molar-refractivity contribution in [3.05, 3.63) is 51.6 Å². The molecule has 5 rings (SSSR count). The molecular weight excluding hydrogens is 529 g/mol. The van der Waals surface area contributed by atoms with E-state index in [1.165, 1.54) is 6.07 Å². The number of hydrogen-bond acceptors (Lipinski definition) is 8. The number of aldehydes is 1. The number of aliphatic hydroxyl groups excluding tert-OH is 1. The second-order valence-corrected chi connectivity index (χ2v) is 10.9. The summed E-state index contributed by atoms with van der Waals surface area (Å²) in [5, 5.41) is 14.1. The molecule has 2 N–H and O–H groups in total. The molecule has 3 aliphatic rings. The Hall–Kier alpha value is -1.98. The summed E-state index contributed by atoms with van der Waals surface area (Å²) in [7, 11) is 0. The van der Waals surface area contributed by atoms with Gasteiger partial charge in [-0.1, -0.05) is 13.0 Å². The van der Waals surface area contributed by atoms with Gasteiger partial charge in [0.1, 0.15) is 24.2 Å². The molecule has 0 saturated carbocycles. The van der Waals surface area contributed by atoms with Gasteiger partial charge >= 0.3 is 0 Å². The first-order chi connectivity index (χ1) is 17.5. The number of ether oxygens (including phenoxy) is 1. The Kier molecular flexibility index (Phi) is 7.97. The topological polar surface area (TPSA) is 90.8 Å². The molecule has 1 aromatic carbocycles. The lowest BCUT2D eigenvalue weighted by Gasteiger charge is -2.44. The summed E-state index contributed by atoms with van der Waals surface area (Å²) in [6.45, 7) is 6.41. The van der Waals surface area contributed by atoms with Gasteiger partial charge in [0.15, 0.2) is 0 Å². The van der Waals surface area contributed by atoms with Crippen LogP contribution in [-0.4, -0.2) is 77.9 Å². The molecule has 2 aliphatic heterocycles. The number of fused-ring (bicyclic) bond motifs is 1. The Balaban J connectivity index is 1.36. The fourth-order valence-electron chi connectivity index (χ4n) is 5.76. The smallest absolute Gasteiger partial charge is 0.137 e. The zero-order valence-corrected chi connectivity index (χ0v) is 22.0. The average molecular weight is 562 g/mol. The van der Waals surface area contributed by atoms with Crippen molar-refractivity contribution in [2.45, 2.75) is 56.3 Å². The van der Waals surface area contributed by atoms with Gasteiger partial charge in [0.2, 0.25) is 0 Å². The number of carbonyl (C=O) groups is 1. The number of hydrogen-bond donors (Lipinski definition) is 2. The van der Waals surface area contributed by atoms with Crippen molar-refractivity contribution in [1.29, 1.82) is 0 Å². The number of aliphatic hydroxyl groups is 1. The molecule has 2 fully saturated rings. The Morgan fingerprint density at radius 3 is 2.67 bits per heavy atom. The number of carbonyl (C=O) groups excluding carboxylic acids is 1. The number of rotatable bonds is 7. The van der Waals surface area contributed by atoms with Gasteiger partial charge < -0.3 is 19.5 Å². The van der Waals surface area contributed by atoms with Crippen LogP contribution in [0.15, 0.2) is 29.0 Å². The van der Waals surface area contributed by atoms with E-state index in [9.17, 15) is 14.3 Å². The van der Waals surface area contributed by atoms with Crippen LogP contribution >= 0.6 is 15.9 Å². The van der Waals surface area contributed by atoms with Crippen molar-refractivity contribution in [3.8, 4) is 0 Å². The molecule has 0 bridgehead atoms. The lowest BCUT2D eigenvalue weighted by molar-refractivity contribution is -0.111. The molecule has 1 aliphatic carbocycles. The second kappa shape index (κ2) is 11.2. The molecule has 2 aromatic rings. The van der Waals surface area contributed by atoms with Crippen molar-refractivity contribution in [3.63, 3.8) is 0 Å². The predicted octanol–water partition coefficient (Wildman–Crippen LogP) is 3.12. The molecule has 0 amide bonds. The molecule has 0 spiro atoms. The normalized spacial score (nSPS) is 24.9. The Morgan fingerprint density at radius 2 is 1.97 bits per heavy atom. The first-order valence-electron chi connectivity index (χ1n) is 12.7. The second-order valence-electron chi connectivity index (χ2n) is 10.0. The van der Waals surface area contributed by atoms with E-state index in [4.69, 9.17) is 4.74 Å². The zero-order chi connectivity index (χ0) is 25.2. The van der Waals surface area contributed by atoms with E-state index in [1.54, 1.807) is 12.4 Å². The highest BCUT2D eigenvalue weighted by molar-refractivity contribution is 9.10. The number of aromatic nitrogens is 2. The van der Waals surface area contributed by atoms with E-state index in [0.29, 0.717) is 29.7 Å². The average Bonchev–Trinajstić information content (AvgIpc) is 3.20. The minimum Gasteiger partial charge on any atom is -0.387 e. The van der Waals surface area contributed by atoms with Crippen molar-refractivity contribution in [1.82, 2.24) is 20.2 Å². The van der Waals surface area contributed by atoms with Crippen LogP contribution in [0.5, 0.6) is 0 Å². The van der Waals surface area contributed by atoms with Gasteiger partial charge in [0, 0.05) is 51.0 Å². The third-order valence-corrected chi connectivity index (χ3v) is 8.37. The molecule has 2 saturated heterocycles. The minimum atomic E-state index is -0.536. The van der Waals surface area contributed by atoms with E-state index in [2.05, 4.69) is 47.9 Å². The maximum atomic E-state index is 14.4. The van der Waals surface area contributed by atoms with Crippen LogP contribution in [0.25, 0.3) is 0 Å². The highest BCUT2D eigenvalue weighted by Gasteiger charge is 2.36. The van der Waals surface area contributed by atoms with E-state index in [-0.39, 0.29) is 23.9 Å². The van der Waals surface area contributed by atoms with E-state index in [1.807, 2.05) is 6.07 Å². The summed E-state index contributed by atoms with van der Waals surface area (Å²) in [4.78, 5) is 25.9. The highest BCUT2D eigenvalue weighted by Crippen LogP contribution is 2.43. The summed E-state index contributed by atoms with van der Waals surface area (Å²) in [6, 6.07) is 5.17. The maximum Gasteiger partial charge on any atom is 0.137 e. The SMILES string of the molecule is C[C@@H]1C[C@@H](O)c2ncnc(N3CCN(C(NC4CCOCC4)C(C=O)c4ccc(Br)c(F)c4)CC3)c21. The van der Waals surface area contributed by atoms with Crippen LogP contribution in [0, 0.1) is 5.82 Å². The van der Waals surface area contributed by atoms with Crippen LogP contribution in [0.4, 0.5) is 10.2 Å². The molecular formula is C26H33BrFN5O3. The third-order valence-electron chi connectivity index (χ3n) is 7.73. The number of halogens is 2. The highest BCUT2D eigenvalue weighted by atomic mass is 79.9. The fourth-order valence-corrected chi connectivity index (χ4v) is 6.01. The van der Waals surface area contributed by atoms with Crippen molar-refractivity contribution < 1.29 is 19.0 Å². The van der Waals surface area contributed by atoms with Crippen LogP contribution in [0.3, 0.4) is 0 Å². The number of anilines is 1. The zero-order valence-electron chi connectivity index (χ0n) is 20.4. The Labute approximate surface area is 219 Å². The summed E-state index contributed by atoms with van der Waals surface area (Å²) < 4.78 is 20.3. The third kappa shape index (κ3) is 5.19. The number of piperazine rings is 1. The molecule has 10 heteroatoms. The van der Waals surface area contributed by atoms with E-state index < -0.39 is 12.0 Å². The molecule has 8 nitrogen and oxygen atoms in total. The molecule has 0 radical (unpaired) electrons. The fraction of sp³-hybridized carbons (Fsp3) is 0.577. The molecule has 1 aromatic heterocycles. The quantitative estimate of drug-likeness (QED) is 0.498. The van der Waals surface area contributed by atoms with Crippen LogP contribution in [0.2, 0.25) is 0 Å². The lowest BCUT2D eigenvalue weighted by atomic mass is 9.94. The van der Waals surface area contributed by atoms with E-state index in [0.717, 1.165) is 62.4 Å². The molecule has 4 atom stereocenters. The van der Waals surface area contributed by atoms with Gasteiger partial charge in [0.25, 0.3) is 0 Å². The van der Waals surface area contributed by atoms with Gasteiger partial charge in [-0.15, -0.1) is 0 Å². The molecule has 2 unspecified atom stereocenters. The summed E-state index contributed by atoms with van der Waals surface area (Å²) >= 11 is 3.22. The predicted molar refractivity (Wildman–Crippen MR) is 137 cm³/mol. The molecule has 36 heavy (non-hydrogen) atoms. The van der Waals surface area contributed by atoms with E-state index >= 15 is 0 Å². The lowest BCUT2D eigenvalue weighted by Crippen LogP contribution is -2.59. The van der Waals surface area contributed by atoms with Gasteiger partial charge in [-0.05, 0) is 58.8 Å². The van der Waals surface area contributed by atoms with Crippen molar-refractivity contribution >= 4 is 28.0 Å². The minimum absolute atomic E-state index is 0.207. The van der Waals surface area contributed by atoms with Gasteiger partial charge in [-0.3, -0.25) is 10.2 Å². The van der Waals surface area contributed by atoms with Crippen LogP contribution < -0.4 is 10.2 Å². The largest absolute Gasteiger partial charge is 0.387 e. The number of nitrogens with one attached hydrogen (secondary N) is 1.